The van der Waals surface area contributed by atoms with Gasteiger partial charge in [0.15, 0.2) is 11.5 Å². The molecule has 2 amide bonds. The van der Waals surface area contributed by atoms with E-state index in [2.05, 4.69) is 12.2 Å². The largest absolute Gasteiger partial charge is 0.493 e. The van der Waals surface area contributed by atoms with Crippen molar-refractivity contribution in [1.82, 2.24) is 4.90 Å². The Morgan fingerprint density at radius 2 is 1.70 bits per heavy atom. The van der Waals surface area contributed by atoms with Gasteiger partial charge in [0.1, 0.15) is 0 Å². The van der Waals surface area contributed by atoms with E-state index in [0.29, 0.717) is 34.9 Å². The molecule has 6 nitrogen and oxygen atoms in total. The Hall–Kier alpha value is -3.02. The van der Waals surface area contributed by atoms with Crippen LogP contribution in [-0.4, -0.2) is 44.5 Å². The summed E-state index contributed by atoms with van der Waals surface area (Å²) >= 11 is 0. The van der Waals surface area contributed by atoms with Crippen LogP contribution in [0.3, 0.4) is 0 Å². The van der Waals surface area contributed by atoms with Gasteiger partial charge in [-0.1, -0.05) is 19.4 Å². The molecule has 0 aromatic heterocycles. The highest BCUT2D eigenvalue weighted by Crippen LogP contribution is 2.29. The van der Waals surface area contributed by atoms with E-state index in [4.69, 9.17) is 9.47 Å². The summed E-state index contributed by atoms with van der Waals surface area (Å²) in [4.78, 5) is 26.8. The maximum absolute atomic E-state index is 12.6. The molecule has 0 aliphatic heterocycles. The molecule has 0 heterocycles. The number of hydrogen-bond donors (Lipinski definition) is 1. The first kappa shape index (κ1) is 20.3. The van der Waals surface area contributed by atoms with Crippen molar-refractivity contribution in [2.75, 3.05) is 33.1 Å². The first-order valence-corrected chi connectivity index (χ1v) is 8.89. The monoisotopic (exact) mass is 370 g/mol. The van der Waals surface area contributed by atoms with Gasteiger partial charge < -0.3 is 19.7 Å². The van der Waals surface area contributed by atoms with Gasteiger partial charge in [0.05, 0.1) is 14.2 Å². The standard InChI is InChI=1S/C21H26N2O4/c1-5-6-12-23(2)21(25)16-9-7-8-15(13-16)20(24)22-17-10-11-18(26-3)19(14-17)27-4/h7-11,13-14H,5-6,12H2,1-4H3,(H,22,24). The minimum absolute atomic E-state index is 0.0933. The molecule has 2 aromatic rings. The molecule has 1 N–H and O–H groups in total. The van der Waals surface area contributed by atoms with Crippen LogP contribution < -0.4 is 14.8 Å². The zero-order valence-electron chi connectivity index (χ0n) is 16.2. The van der Waals surface area contributed by atoms with Crippen LogP contribution in [0.1, 0.15) is 40.5 Å². The number of hydrogen-bond acceptors (Lipinski definition) is 4. The van der Waals surface area contributed by atoms with Crippen LogP contribution in [-0.2, 0) is 0 Å². The lowest BCUT2D eigenvalue weighted by molar-refractivity contribution is 0.0793. The molecule has 0 unspecified atom stereocenters. The van der Waals surface area contributed by atoms with Crippen molar-refractivity contribution in [3.8, 4) is 11.5 Å². The SMILES string of the molecule is CCCCN(C)C(=O)c1cccc(C(=O)Nc2ccc(OC)c(OC)c2)c1. The molecule has 0 radical (unpaired) electrons. The molecule has 27 heavy (non-hydrogen) atoms. The Morgan fingerprint density at radius 1 is 1.00 bits per heavy atom. The van der Waals surface area contributed by atoms with Crippen molar-refractivity contribution >= 4 is 17.5 Å². The zero-order valence-corrected chi connectivity index (χ0v) is 16.2. The van der Waals surface area contributed by atoms with Gasteiger partial charge in [-0.15, -0.1) is 0 Å². The number of methoxy groups -OCH3 is 2. The first-order chi connectivity index (χ1) is 13.0. The van der Waals surface area contributed by atoms with E-state index in [0.717, 1.165) is 12.8 Å². The van der Waals surface area contributed by atoms with E-state index >= 15 is 0 Å². The fourth-order valence-corrected chi connectivity index (χ4v) is 2.63. The molecular formula is C21H26N2O4. The lowest BCUT2D eigenvalue weighted by Crippen LogP contribution is -2.28. The molecule has 0 atom stereocenters. The number of anilines is 1. The topological polar surface area (TPSA) is 67.9 Å². The van der Waals surface area contributed by atoms with Crippen LogP contribution in [0.2, 0.25) is 0 Å². The van der Waals surface area contributed by atoms with Gasteiger partial charge in [0, 0.05) is 36.5 Å². The maximum atomic E-state index is 12.6. The quantitative estimate of drug-likeness (QED) is 0.767. The third kappa shape index (κ3) is 5.23. The van der Waals surface area contributed by atoms with Crippen molar-refractivity contribution in [3.63, 3.8) is 0 Å². The lowest BCUT2D eigenvalue weighted by Gasteiger charge is -2.17. The predicted octanol–water partition coefficient (Wildman–Crippen LogP) is 3.83. The van der Waals surface area contributed by atoms with Gasteiger partial charge in [-0.25, -0.2) is 0 Å². The summed E-state index contributed by atoms with van der Waals surface area (Å²) in [5, 5.41) is 2.81. The van der Waals surface area contributed by atoms with Crippen molar-refractivity contribution in [1.29, 1.82) is 0 Å². The Bertz CT molecular complexity index is 805. The molecule has 0 aliphatic carbocycles. The Morgan fingerprint density at radius 3 is 2.37 bits per heavy atom. The third-order valence-electron chi connectivity index (χ3n) is 4.21. The zero-order chi connectivity index (χ0) is 19.8. The van der Waals surface area contributed by atoms with Crippen molar-refractivity contribution in [2.24, 2.45) is 0 Å². The Balaban J connectivity index is 2.14. The molecule has 0 saturated carbocycles. The third-order valence-corrected chi connectivity index (χ3v) is 4.21. The van der Waals surface area contributed by atoms with Crippen LogP contribution >= 0.6 is 0 Å². The molecular weight excluding hydrogens is 344 g/mol. The predicted molar refractivity (Wildman–Crippen MR) is 106 cm³/mol. The molecule has 0 saturated heterocycles. The summed E-state index contributed by atoms with van der Waals surface area (Å²) in [6.07, 6.45) is 1.97. The Labute approximate surface area is 160 Å². The number of nitrogens with one attached hydrogen (secondary N) is 1. The second-order valence-electron chi connectivity index (χ2n) is 6.18. The molecule has 0 bridgehead atoms. The summed E-state index contributed by atoms with van der Waals surface area (Å²) in [5.74, 6) is 0.715. The molecule has 6 heteroatoms. The highest BCUT2D eigenvalue weighted by atomic mass is 16.5. The van der Waals surface area contributed by atoms with Gasteiger partial charge in [0.25, 0.3) is 11.8 Å². The van der Waals surface area contributed by atoms with Crippen LogP contribution in [0.5, 0.6) is 11.5 Å². The van der Waals surface area contributed by atoms with E-state index < -0.39 is 0 Å². The minimum Gasteiger partial charge on any atom is -0.493 e. The molecule has 144 valence electrons. The second kappa shape index (κ2) is 9.62. The molecule has 0 fully saturated rings. The molecule has 2 rings (SSSR count). The Kier molecular flexibility index (Phi) is 7.23. The van der Waals surface area contributed by atoms with E-state index in [1.165, 1.54) is 7.11 Å². The minimum atomic E-state index is -0.298. The van der Waals surface area contributed by atoms with E-state index in [1.807, 2.05) is 0 Å². The summed E-state index contributed by atoms with van der Waals surface area (Å²) in [6.45, 7) is 2.77. The first-order valence-electron chi connectivity index (χ1n) is 8.89. The fourth-order valence-electron chi connectivity index (χ4n) is 2.63. The van der Waals surface area contributed by atoms with E-state index in [-0.39, 0.29) is 11.8 Å². The van der Waals surface area contributed by atoms with Crippen LogP contribution in [0.4, 0.5) is 5.69 Å². The van der Waals surface area contributed by atoms with Gasteiger partial charge in [-0.3, -0.25) is 9.59 Å². The number of nitrogens with zero attached hydrogens (tertiary/aromatic N) is 1. The average Bonchev–Trinajstić information content (AvgIpc) is 2.71. The molecule has 0 aliphatic rings. The number of ether oxygens (including phenoxy) is 2. The van der Waals surface area contributed by atoms with Gasteiger partial charge in [-0.05, 0) is 36.8 Å². The highest BCUT2D eigenvalue weighted by molar-refractivity contribution is 6.06. The second-order valence-corrected chi connectivity index (χ2v) is 6.18. The number of carbonyl (C=O) groups excluding carboxylic acids is 2. The number of amides is 2. The normalized spacial score (nSPS) is 10.2. The maximum Gasteiger partial charge on any atom is 0.255 e. The lowest BCUT2D eigenvalue weighted by atomic mass is 10.1. The average molecular weight is 370 g/mol. The molecule has 0 spiro atoms. The van der Waals surface area contributed by atoms with E-state index in [1.54, 1.807) is 61.5 Å². The fraction of sp³-hybridized carbons (Fsp3) is 0.333. The summed E-state index contributed by atoms with van der Waals surface area (Å²) in [5.41, 5.74) is 1.49. The molecule has 2 aromatic carbocycles. The van der Waals surface area contributed by atoms with Crippen molar-refractivity contribution < 1.29 is 19.1 Å². The van der Waals surface area contributed by atoms with Crippen LogP contribution in [0, 0.1) is 0 Å². The highest BCUT2D eigenvalue weighted by Gasteiger charge is 2.14. The summed E-state index contributed by atoms with van der Waals surface area (Å²) in [7, 11) is 4.86. The number of carbonyl (C=O) groups is 2. The van der Waals surface area contributed by atoms with Gasteiger partial charge >= 0.3 is 0 Å². The van der Waals surface area contributed by atoms with Gasteiger partial charge in [-0.2, -0.15) is 0 Å². The number of rotatable bonds is 8. The van der Waals surface area contributed by atoms with Crippen LogP contribution in [0.15, 0.2) is 42.5 Å². The smallest absolute Gasteiger partial charge is 0.255 e. The van der Waals surface area contributed by atoms with Crippen molar-refractivity contribution in [2.45, 2.75) is 19.8 Å². The van der Waals surface area contributed by atoms with Crippen molar-refractivity contribution in [3.05, 3.63) is 53.6 Å². The van der Waals surface area contributed by atoms with Gasteiger partial charge in [0.2, 0.25) is 0 Å². The number of unbranched alkanes of at least 4 members (excludes halogenated alkanes) is 1. The summed E-state index contributed by atoms with van der Waals surface area (Å²) < 4.78 is 10.4. The van der Waals surface area contributed by atoms with E-state index in [9.17, 15) is 9.59 Å². The number of benzene rings is 2. The van der Waals surface area contributed by atoms with Crippen LogP contribution in [0.25, 0.3) is 0 Å². The summed E-state index contributed by atoms with van der Waals surface area (Å²) in [6, 6.07) is 11.9.